The molecule has 31 heavy (non-hydrogen) atoms. The number of rotatable bonds is 5. The van der Waals surface area contributed by atoms with E-state index in [0.29, 0.717) is 19.8 Å². The topological polar surface area (TPSA) is 57.6 Å². The Hall–Kier alpha value is -2.46. The molecular formula is C21H27F3N6O. The van der Waals surface area contributed by atoms with Crippen molar-refractivity contribution in [1.82, 2.24) is 19.9 Å². The van der Waals surface area contributed by atoms with E-state index < -0.39 is 11.9 Å². The van der Waals surface area contributed by atoms with Crippen molar-refractivity contribution in [2.75, 3.05) is 56.2 Å². The SMILES string of the molecule is CN(c1ccnc(N2CCOCC2)n1)C1CCCN(Cc2ccc(C(F)(F)F)nc2)C1. The number of hydrogen-bond acceptors (Lipinski definition) is 7. The third-order valence-corrected chi connectivity index (χ3v) is 5.83. The van der Waals surface area contributed by atoms with E-state index in [0.717, 1.165) is 62.4 Å². The Bertz CT molecular complexity index is 857. The van der Waals surface area contributed by atoms with E-state index >= 15 is 0 Å². The van der Waals surface area contributed by atoms with Gasteiger partial charge in [0.25, 0.3) is 0 Å². The van der Waals surface area contributed by atoms with Crippen molar-refractivity contribution in [1.29, 1.82) is 0 Å². The van der Waals surface area contributed by atoms with Gasteiger partial charge in [-0.1, -0.05) is 6.07 Å². The molecule has 168 valence electrons. The lowest BCUT2D eigenvalue weighted by Crippen LogP contribution is -2.46. The number of piperidine rings is 1. The molecule has 0 aromatic carbocycles. The second-order valence-corrected chi connectivity index (χ2v) is 8.01. The van der Waals surface area contributed by atoms with Gasteiger partial charge in [0, 0.05) is 51.7 Å². The summed E-state index contributed by atoms with van der Waals surface area (Å²) in [5.74, 6) is 1.59. The van der Waals surface area contributed by atoms with E-state index in [-0.39, 0.29) is 6.04 Å². The minimum absolute atomic E-state index is 0.267. The molecule has 0 saturated carbocycles. The predicted octanol–water partition coefficient (Wildman–Crippen LogP) is 2.83. The quantitative estimate of drug-likeness (QED) is 0.714. The summed E-state index contributed by atoms with van der Waals surface area (Å²) in [5, 5.41) is 0. The van der Waals surface area contributed by atoms with Crippen molar-refractivity contribution in [3.63, 3.8) is 0 Å². The number of alkyl halides is 3. The van der Waals surface area contributed by atoms with Gasteiger partial charge in [0.1, 0.15) is 11.5 Å². The van der Waals surface area contributed by atoms with Gasteiger partial charge in [-0.25, -0.2) is 4.98 Å². The zero-order valence-electron chi connectivity index (χ0n) is 17.6. The van der Waals surface area contributed by atoms with Crippen LogP contribution in [0.3, 0.4) is 0 Å². The highest BCUT2D eigenvalue weighted by molar-refractivity contribution is 5.44. The van der Waals surface area contributed by atoms with Crippen LogP contribution >= 0.6 is 0 Å². The first-order valence-electron chi connectivity index (χ1n) is 10.5. The number of nitrogens with zero attached hydrogens (tertiary/aromatic N) is 6. The van der Waals surface area contributed by atoms with Gasteiger partial charge < -0.3 is 14.5 Å². The highest BCUT2D eigenvalue weighted by Crippen LogP contribution is 2.28. The molecule has 10 heteroatoms. The number of aromatic nitrogens is 3. The van der Waals surface area contributed by atoms with Crippen LogP contribution in [0, 0.1) is 0 Å². The Balaban J connectivity index is 1.39. The summed E-state index contributed by atoms with van der Waals surface area (Å²) in [7, 11) is 2.04. The molecule has 0 aliphatic carbocycles. The lowest BCUT2D eigenvalue weighted by Gasteiger charge is -2.38. The lowest BCUT2D eigenvalue weighted by atomic mass is 10.0. The Labute approximate surface area is 179 Å². The van der Waals surface area contributed by atoms with Gasteiger partial charge in [0.15, 0.2) is 0 Å². The summed E-state index contributed by atoms with van der Waals surface area (Å²) in [4.78, 5) is 19.3. The van der Waals surface area contributed by atoms with Crippen molar-refractivity contribution in [2.45, 2.75) is 31.6 Å². The van der Waals surface area contributed by atoms with Crippen LogP contribution in [0.1, 0.15) is 24.1 Å². The van der Waals surface area contributed by atoms with Crippen molar-refractivity contribution in [3.05, 3.63) is 41.9 Å². The van der Waals surface area contributed by atoms with Crippen LogP contribution in [0.4, 0.5) is 24.9 Å². The van der Waals surface area contributed by atoms with E-state index in [1.807, 2.05) is 13.1 Å². The van der Waals surface area contributed by atoms with Crippen LogP contribution in [0.5, 0.6) is 0 Å². The van der Waals surface area contributed by atoms with Gasteiger partial charge in [-0.2, -0.15) is 18.2 Å². The number of morpholine rings is 1. The van der Waals surface area contributed by atoms with Gasteiger partial charge >= 0.3 is 6.18 Å². The average Bonchev–Trinajstić information content (AvgIpc) is 2.79. The van der Waals surface area contributed by atoms with E-state index in [1.54, 1.807) is 6.20 Å². The zero-order chi connectivity index (χ0) is 21.8. The molecule has 2 aromatic rings. The molecule has 1 unspecified atom stereocenters. The highest BCUT2D eigenvalue weighted by atomic mass is 19.4. The first-order valence-corrected chi connectivity index (χ1v) is 10.5. The fourth-order valence-corrected chi connectivity index (χ4v) is 4.07. The number of ether oxygens (including phenoxy) is 1. The van der Waals surface area contributed by atoms with Crippen LogP contribution in [0.25, 0.3) is 0 Å². The van der Waals surface area contributed by atoms with E-state index in [2.05, 4.69) is 24.7 Å². The maximum Gasteiger partial charge on any atom is 0.433 e. The fourth-order valence-electron chi connectivity index (χ4n) is 4.07. The first-order chi connectivity index (χ1) is 14.9. The zero-order valence-corrected chi connectivity index (χ0v) is 17.6. The number of likely N-dealkylation sites (tertiary alicyclic amines) is 1. The molecule has 2 aromatic heterocycles. The maximum absolute atomic E-state index is 12.7. The summed E-state index contributed by atoms with van der Waals surface area (Å²) in [6.45, 7) is 5.23. The summed E-state index contributed by atoms with van der Waals surface area (Å²) in [6.07, 6.45) is 0.766. The Morgan fingerprint density at radius 3 is 2.65 bits per heavy atom. The smallest absolute Gasteiger partial charge is 0.378 e. The Kier molecular flexibility index (Phi) is 6.57. The number of hydrogen-bond donors (Lipinski definition) is 0. The fraction of sp³-hybridized carbons (Fsp3) is 0.571. The monoisotopic (exact) mass is 436 g/mol. The van der Waals surface area contributed by atoms with Crippen LogP contribution in [-0.2, 0) is 17.5 Å². The molecular weight excluding hydrogens is 409 g/mol. The Morgan fingerprint density at radius 1 is 1.13 bits per heavy atom. The second kappa shape index (κ2) is 9.35. The van der Waals surface area contributed by atoms with Crippen LogP contribution in [0.15, 0.2) is 30.6 Å². The standard InChI is InChI=1S/C21H27F3N6O/c1-28(19-6-7-25-20(27-19)30-9-11-31-12-10-30)17-3-2-8-29(15-17)14-16-4-5-18(26-13-16)21(22,23)24/h4-7,13,17H,2-3,8-12,14-15H2,1H3. The molecule has 4 rings (SSSR count). The molecule has 0 bridgehead atoms. The molecule has 0 spiro atoms. The number of halogens is 3. The largest absolute Gasteiger partial charge is 0.433 e. The summed E-state index contributed by atoms with van der Waals surface area (Å²) in [5.41, 5.74) is -0.0692. The van der Waals surface area contributed by atoms with Crippen molar-refractivity contribution in [2.24, 2.45) is 0 Å². The molecule has 0 amide bonds. The van der Waals surface area contributed by atoms with Crippen LogP contribution < -0.4 is 9.80 Å². The molecule has 0 radical (unpaired) electrons. The van der Waals surface area contributed by atoms with Gasteiger partial charge in [0.05, 0.1) is 13.2 Å². The van der Waals surface area contributed by atoms with E-state index in [1.165, 1.54) is 12.3 Å². The van der Waals surface area contributed by atoms with Crippen molar-refractivity contribution in [3.8, 4) is 0 Å². The molecule has 2 aliphatic heterocycles. The van der Waals surface area contributed by atoms with Gasteiger partial charge in [-0.05, 0) is 37.1 Å². The molecule has 7 nitrogen and oxygen atoms in total. The molecule has 2 saturated heterocycles. The molecule has 0 N–H and O–H groups in total. The van der Waals surface area contributed by atoms with Gasteiger partial charge in [-0.3, -0.25) is 9.88 Å². The number of anilines is 2. The second-order valence-electron chi connectivity index (χ2n) is 8.01. The van der Waals surface area contributed by atoms with Gasteiger partial charge in [-0.15, -0.1) is 0 Å². The third kappa shape index (κ3) is 5.43. The molecule has 1 atom stereocenters. The van der Waals surface area contributed by atoms with Crippen LogP contribution in [0.2, 0.25) is 0 Å². The Morgan fingerprint density at radius 2 is 1.94 bits per heavy atom. The first kappa shape index (κ1) is 21.8. The normalized spacial score (nSPS) is 20.6. The minimum Gasteiger partial charge on any atom is -0.378 e. The number of likely N-dealkylation sites (N-methyl/N-ethyl adjacent to an activating group) is 1. The summed E-state index contributed by atoms with van der Waals surface area (Å²) >= 11 is 0. The minimum atomic E-state index is -4.41. The maximum atomic E-state index is 12.7. The van der Waals surface area contributed by atoms with Crippen LogP contribution in [-0.4, -0.2) is 72.3 Å². The van der Waals surface area contributed by atoms with Gasteiger partial charge in [0.2, 0.25) is 5.95 Å². The van der Waals surface area contributed by atoms with E-state index in [9.17, 15) is 13.2 Å². The molecule has 2 fully saturated rings. The highest BCUT2D eigenvalue weighted by Gasteiger charge is 2.32. The van der Waals surface area contributed by atoms with Crippen molar-refractivity contribution >= 4 is 11.8 Å². The summed E-state index contributed by atoms with van der Waals surface area (Å²) < 4.78 is 43.6. The number of pyridine rings is 1. The van der Waals surface area contributed by atoms with E-state index in [4.69, 9.17) is 9.72 Å². The average molecular weight is 436 g/mol. The molecule has 4 heterocycles. The lowest BCUT2D eigenvalue weighted by molar-refractivity contribution is -0.141. The molecule has 2 aliphatic rings. The van der Waals surface area contributed by atoms with Crippen molar-refractivity contribution < 1.29 is 17.9 Å². The third-order valence-electron chi connectivity index (χ3n) is 5.83. The summed E-state index contributed by atoms with van der Waals surface area (Å²) in [6, 6.07) is 4.76. The predicted molar refractivity (Wildman–Crippen MR) is 111 cm³/mol.